The zero-order valence-corrected chi connectivity index (χ0v) is 13.8. The van der Waals surface area contributed by atoms with Gasteiger partial charge in [0.25, 0.3) is 0 Å². The van der Waals surface area contributed by atoms with E-state index in [1.54, 1.807) is 7.11 Å². The fourth-order valence-electron chi connectivity index (χ4n) is 2.26. The van der Waals surface area contributed by atoms with Gasteiger partial charge < -0.3 is 10.1 Å². The van der Waals surface area contributed by atoms with Crippen LogP contribution in [-0.2, 0) is 6.42 Å². The number of anilines is 1. The molecule has 0 bridgehead atoms. The monoisotopic (exact) mass is 333 g/mol. The number of benzene rings is 2. The van der Waals surface area contributed by atoms with Crippen molar-refractivity contribution in [1.29, 1.82) is 0 Å². The third-order valence-corrected chi connectivity index (χ3v) is 3.93. The number of aryl methyl sites for hydroxylation is 2. The molecule has 0 aliphatic heterocycles. The zero-order chi connectivity index (χ0) is 14.5. The minimum absolute atomic E-state index is 0.902. The molecule has 0 aliphatic rings. The van der Waals surface area contributed by atoms with Gasteiger partial charge in [-0.25, -0.2) is 0 Å². The molecule has 0 atom stereocenters. The van der Waals surface area contributed by atoms with Gasteiger partial charge >= 0.3 is 0 Å². The summed E-state index contributed by atoms with van der Waals surface area (Å²) in [5.74, 6) is 0.902. The lowest BCUT2D eigenvalue weighted by molar-refractivity contribution is 0.414. The molecule has 0 fully saturated rings. The SMILES string of the molecule is COc1ccc(CCNc2c(C)cc(C)cc2Br)cc1. The summed E-state index contributed by atoms with van der Waals surface area (Å²) in [5.41, 5.74) is 5.03. The average molecular weight is 334 g/mol. The van der Waals surface area contributed by atoms with Gasteiger partial charge in [0, 0.05) is 11.0 Å². The lowest BCUT2D eigenvalue weighted by Gasteiger charge is -2.13. The Morgan fingerprint density at radius 3 is 2.40 bits per heavy atom. The molecule has 0 unspecified atom stereocenters. The van der Waals surface area contributed by atoms with Crippen molar-refractivity contribution in [2.24, 2.45) is 0 Å². The highest BCUT2D eigenvalue weighted by atomic mass is 79.9. The largest absolute Gasteiger partial charge is 0.497 e. The highest BCUT2D eigenvalue weighted by Gasteiger charge is 2.04. The quantitative estimate of drug-likeness (QED) is 0.854. The van der Waals surface area contributed by atoms with Crippen LogP contribution in [0.4, 0.5) is 5.69 Å². The van der Waals surface area contributed by atoms with E-state index >= 15 is 0 Å². The number of methoxy groups -OCH3 is 1. The van der Waals surface area contributed by atoms with Crippen LogP contribution >= 0.6 is 15.9 Å². The van der Waals surface area contributed by atoms with Crippen molar-refractivity contribution in [2.45, 2.75) is 20.3 Å². The third kappa shape index (κ3) is 3.76. The van der Waals surface area contributed by atoms with Gasteiger partial charge in [-0.2, -0.15) is 0 Å². The second-order valence-electron chi connectivity index (χ2n) is 4.96. The first-order valence-electron chi connectivity index (χ1n) is 6.73. The maximum absolute atomic E-state index is 5.16. The van der Waals surface area contributed by atoms with E-state index in [4.69, 9.17) is 4.74 Å². The van der Waals surface area contributed by atoms with Gasteiger partial charge in [0.2, 0.25) is 0 Å². The first kappa shape index (κ1) is 14.9. The fourth-order valence-corrected chi connectivity index (χ4v) is 3.08. The fraction of sp³-hybridized carbons (Fsp3) is 0.294. The van der Waals surface area contributed by atoms with Crippen LogP contribution in [-0.4, -0.2) is 13.7 Å². The molecule has 2 nitrogen and oxygen atoms in total. The second-order valence-corrected chi connectivity index (χ2v) is 5.82. The van der Waals surface area contributed by atoms with Gasteiger partial charge in [-0.3, -0.25) is 0 Å². The van der Waals surface area contributed by atoms with Gasteiger partial charge in [0.1, 0.15) is 5.75 Å². The maximum Gasteiger partial charge on any atom is 0.118 e. The summed E-state index contributed by atoms with van der Waals surface area (Å²) in [6.45, 7) is 5.15. The molecule has 0 amide bonds. The number of nitrogens with one attached hydrogen (secondary N) is 1. The van der Waals surface area contributed by atoms with Crippen molar-refractivity contribution in [3.05, 3.63) is 57.6 Å². The molecule has 2 aromatic rings. The molecule has 20 heavy (non-hydrogen) atoms. The number of halogens is 1. The van der Waals surface area contributed by atoms with Gasteiger partial charge in [0.15, 0.2) is 0 Å². The van der Waals surface area contributed by atoms with Crippen LogP contribution in [0.15, 0.2) is 40.9 Å². The highest BCUT2D eigenvalue weighted by molar-refractivity contribution is 9.10. The molecule has 0 radical (unpaired) electrons. The van der Waals surface area contributed by atoms with E-state index in [-0.39, 0.29) is 0 Å². The van der Waals surface area contributed by atoms with E-state index in [1.165, 1.54) is 22.4 Å². The van der Waals surface area contributed by atoms with E-state index in [0.29, 0.717) is 0 Å². The minimum atomic E-state index is 0.902. The van der Waals surface area contributed by atoms with Crippen molar-refractivity contribution >= 4 is 21.6 Å². The summed E-state index contributed by atoms with van der Waals surface area (Å²) in [4.78, 5) is 0. The van der Waals surface area contributed by atoms with Crippen LogP contribution in [0.5, 0.6) is 5.75 Å². The molecule has 0 aromatic heterocycles. The molecule has 0 spiro atoms. The number of hydrogen-bond donors (Lipinski definition) is 1. The van der Waals surface area contributed by atoms with Crippen molar-refractivity contribution in [3.8, 4) is 5.75 Å². The molecule has 0 aliphatic carbocycles. The van der Waals surface area contributed by atoms with E-state index in [0.717, 1.165) is 23.2 Å². The Morgan fingerprint density at radius 2 is 1.80 bits per heavy atom. The predicted octanol–water partition coefficient (Wildman–Crippen LogP) is 4.73. The Bertz CT molecular complexity index is 555. The molecule has 3 heteroatoms. The molecular weight excluding hydrogens is 314 g/mol. The predicted molar refractivity (Wildman–Crippen MR) is 88.8 cm³/mol. The van der Waals surface area contributed by atoms with Crippen LogP contribution in [0.3, 0.4) is 0 Å². The molecular formula is C17H20BrNO. The molecule has 1 N–H and O–H groups in total. The van der Waals surface area contributed by atoms with Crippen LogP contribution < -0.4 is 10.1 Å². The van der Waals surface area contributed by atoms with Crippen molar-refractivity contribution in [2.75, 3.05) is 19.0 Å². The average Bonchev–Trinajstić information content (AvgIpc) is 2.42. The Labute approximate surface area is 129 Å². The van der Waals surface area contributed by atoms with Gasteiger partial charge in [-0.1, -0.05) is 18.2 Å². The lowest BCUT2D eigenvalue weighted by atomic mass is 10.1. The third-order valence-electron chi connectivity index (χ3n) is 3.31. The van der Waals surface area contributed by atoms with Gasteiger partial charge in [0.05, 0.1) is 12.8 Å². The smallest absolute Gasteiger partial charge is 0.118 e. The summed E-state index contributed by atoms with van der Waals surface area (Å²) >= 11 is 3.62. The number of rotatable bonds is 5. The molecule has 106 valence electrons. The summed E-state index contributed by atoms with van der Waals surface area (Å²) in [6.07, 6.45) is 0.990. The summed E-state index contributed by atoms with van der Waals surface area (Å²) in [6, 6.07) is 12.6. The Kier molecular flexibility index (Phi) is 5.07. The first-order valence-corrected chi connectivity index (χ1v) is 7.53. The molecule has 0 saturated heterocycles. The molecule has 0 heterocycles. The van der Waals surface area contributed by atoms with E-state index in [1.807, 2.05) is 12.1 Å². The van der Waals surface area contributed by atoms with E-state index < -0.39 is 0 Å². The standard InChI is InChI=1S/C17H20BrNO/c1-12-10-13(2)17(16(18)11-12)19-9-8-14-4-6-15(20-3)7-5-14/h4-7,10-11,19H,8-9H2,1-3H3. The maximum atomic E-state index is 5.16. The van der Waals surface area contributed by atoms with Crippen LogP contribution in [0.1, 0.15) is 16.7 Å². The second kappa shape index (κ2) is 6.80. The van der Waals surface area contributed by atoms with Gasteiger partial charge in [-0.05, 0) is 71.1 Å². The topological polar surface area (TPSA) is 21.3 Å². The van der Waals surface area contributed by atoms with Crippen LogP contribution in [0, 0.1) is 13.8 Å². The normalized spacial score (nSPS) is 10.4. The summed E-state index contributed by atoms with van der Waals surface area (Å²) in [5, 5.41) is 3.51. The summed E-state index contributed by atoms with van der Waals surface area (Å²) in [7, 11) is 1.69. The lowest BCUT2D eigenvalue weighted by Crippen LogP contribution is -2.07. The van der Waals surface area contributed by atoms with Crippen molar-refractivity contribution in [3.63, 3.8) is 0 Å². The summed E-state index contributed by atoms with van der Waals surface area (Å²) < 4.78 is 6.29. The number of hydrogen-bond acceptors (Lipinski definition) is 2. The molecule has 2 rings (SSSR count). The Hall–Kier alpha value is -1.48. The van der Waals surface area contributed by atoms with E-state index in [9.17, 15) is 0 Å². The van der Waals surface area contributed by atoms with Crippen molar-refractivity contribution < 1.29 is 4.74 Å². The van der Waals surface area contributed by atoms with Gasteiger partial charge in [-0.15, -0.1) is 0 Å². The Balaban J connectivity index is 1.95. The van der Waals surface area contributed by atoms with Crippen LogP contribution in [0.2, 0.25) is 0 Å². The first-order chi connectivity index (χ1) is 9.60. The molecule has 0 saturated carbocycles. The number of ether oxygens (including phenoxy) is 1. The minimum Gasteiger partial charge on any atom is -0.497 e. The Morgan fingerprint density at radius 1 is 1.10 bits per heavy atom. The van der Waals surface area contributed by atoms with E-state index in [2.05, 4.69) is 59.4 Å². The van der Waals surface area contributed by atoms with Crippen molar-refractivity contribution in [1.82, 2.24) is 0 Å². The highest BCUT2D eigenvalue weighted by Crippen LogP contribution is 2.27. The zero-order valence-electron chi connectivity index (χ0n) is 12.2. The van der Waals surface area contributed by atoms with Crippen LogP contribution in [0.25, 0.3) is 0 Å². The molecule has 2 aromatic carbocycles.